The fourth-order valence-corrected chi connectivity index (χ4v) is 3.18. The maximum Gasteiger partial charge on any atom is 0.275 e. The van der Waals surface area contributed by atoms with Crippen LogP contribution in [0.1, 0.15) is 47.3 Å². The van der Waals surface area contributed by atoms with Crippen LogP contribution in [0.5, 0.6) is 0 Å². The second-order valence-corrected chi connectivity index (χ2v) is 6.19. The summed E-state index contributed by atoms with van der Waals surface area (Å²) in [6, 6.07) is 9.75. The Balaban J connectivity index is 1.86. The molecule has 0 bridgehead atoms. The molecule has 3 rings (SSSR count). The van der Waals surface area contributed by atoms with Gasteiger partial charge in [0.2, 0.25) is 0 Å². The lowest BCUT2D eigenvalue weighted by molar-refractivity contribution is -0.00703. The molecular weight excluding hydrogens is 306 g/mol. The Labute approximate surface area is 141 Å². The molecule has 2 heterocycles. The summed E-state index contributed by atoms with van der Waals surface area (Å²) in [5, 5.41) is 16.5. The van der Waals surface area contributed by atoms with Gasteiger partial charge in [-0.05, 0) is 19.4 Å². The van der Waals surface area contributed by atoms with E-state index in [1.54, 1.807) is 4.90 Å². The zero-order valence-corrected chi connectivity index (χ0v) is 14.0. The zero-order valence-electron chi connectivity index (χ0n) is 14.0. The molecule has 1 aliphatic rings. The Morgan fingerprint density at radius 1 is 1.38 bits per heavy atom. The minimum atomic E-state index is -0.160. The predicted octanol–water partition coefficient (Wildman–Crippen LogP) is 2.07. The molecule has 2 aromatic rings. The first-order valence-corrected chi connectivity index (χ1v) is 8.26. The van der Waals surface area contributed by atoms with Gasteiger partial charge in [-0.25, -0.2) is 0 Å². The predicted molar refractivity (Wildman–Crippen MR) is 89.5 cm³/mol. The van der Waals surface area contributed by atoms with Gasteiger partial charge in [0.15, 0.2) is 5.69 Å². The monoisotopic (exact) mass is 329 g/mol. The lowest BCUT2D eigenvalue weighted by atomic mass is 9.99. The van der Waals surface area contributed by atoms with Gasteiger partial charge < -0.3 is 14.7 Å². The molecule has 1 aliphatic heterocycles. The van der Waals surface area contributed by atoms with Crippen molar-refractivity contribution in [1.82, 2.24) is 15.1 Å². The summed E-state index contributed by atoms with van der Waals surface area (Å²) in [6.07, 6.45) is 0.616. The molecule has 6 heteroatoms. The van der Waals surface area contributed by atoms with E-state index in [4.69, 9.17) is 4.74 Å². The third kappa shape index (κ3) is 3.34. The maximum absolute atomic E-state index is 13.0. The first-order valence-electron chi connectivity index (χ1n) is 8.26. The first kappa shape index (κ1) is 16.7. The van der Waals surface area contributed by atoms with E-state index in [1.165, 1.54) is 0 Å². The summed E-state index contributed by atoms with van der Waals surface area (Å²) in [6.45, 7) is 4.59. The summed E-state index contributed by atoms with van der Waals surface area (Å²) < 4.78 is 5.77. The van der Waals surface area contributed by atoms with Crippen LogP contribution in [0.3, 0.4) is 0 Å². The number of aliphatic hydroxyl groups excluding tert-OH is 1. The molecule has 1 aromatic heterocycles. The van der Waals surface area contributed by atoms with Crippen LogP contribution in [-0.4, -0.2) is 45.4 Å². The number of hydrogen-bond acceptors (Lipinski definition) is 4. The summed E-state index contributed by atoms with van der Waals surface area (Å²) in [7, 11) is 0. The Kier molecular flexibility index (Phi) is 4.97. The highest BCUT2D eigenvalue weighted by Crippen LogP contribution is 2.30. The number of H-pyrrole nitrogens is 1. The van der Waals surface area contributed by atoms with E-state index in [0.29, 0.717) is 18.7 Å². The molecule has 2 N–H and O–H groups in total. The average Bonchev–Trinajstić information content (AvgIpc) is 2.99. The summed E-state index contributed by atoms with van der Waals surface area (Å²) in [5.74, 6) is -0.160. The van der Waals surface area contributed by atoms with Gasteiger partial charge in [0.05, 0.1) is 24.5 Å². The number of nitrogens with one attached hydrogen (secondary N) is 1. The van der Waals surface area contributed by atoms with Gasteiger partial charge in [-0.3, -0.25) is 9.89 Å². The number of rotatable bonds is 5. The molecule has 0 fully saturated rings. The largest absolute Gasteiger partial charge is 0.395 e. The van der Waals surface area contributed by atoms with Crippen LogP contribution in [0.25, 0.3) is 0 Å². The fourth-order valence-electron chi connectivity index (χ4n) is 3.18. The number of benzene rings is 1. The number of fused-ring (bicyclic) bond motifs is 1. The normalized spacial score (nSPS) is 19.8. The number of aromatic nitrogens is 2. The number of nitrogens with zero attached hydrogens (tertiary/aromatic N) is 2. The van der Waals surface area contributed by atoms with Crippen LogP contribution >= 0.6 is 0 Å². The molecule has 0 saturated heterocycles. The minimum Gasteiger partial charge on any atom is -0.395 e. The van der Waals surface area contributed by atoms with E-state index in [1.807, 2.05) is 44.2 Å². The average molecular weight is 329 g/mol. The van der Waals surface area contributed by atoms with E-state index in [0.717, 1.165) is 16.8 Å². The van der Waals surface area contributed by atoms with Crippen molar-refractivity contribution in [1.29, 1.82) is 0 Å². The quantitative estimate of drug-likeness (QED) is 0.880. The number of amides is 1. The Bertz CT molecular complexity index is 699. The molecule has 0 radical (unpaired) electrons. The molecule has 6 nitrogen and oxygen atoms in total. The molecule has 0 spiro atoms. The van der Waals surface area contributed by atoms with Crippen LogP contribution in [0.4, 0.5) is 0 Å². The van der Waals surface area contributed by atoms with Gasteiger partial charge in [-0.2, -0.15) is 5.10 Å². The van der Waals surface area contributed by atoms with E-state index in [-0.39, 0.29) is 31.3 Å². The highest BCUT2D eigenvalue weighted by Gasteiger charge is 2.31. The fraction of sp³-hybridized carbons (Fsp3) is 0.444. The first-order chi connectivity index (χ1) is 11.6. The van der Waals surface area contributed by atoms with Crippen LogP contribution in [0.2, 0.25) is 0 Å². The molecular formula is C18H23N3O3. The van der Waals surface area contributed by atoms with Crippen molar-refractivity contribution in [3.8, 4) is 0 Å². The second-order valence-electron chi connectivity index (χ2n) is 6.19. The lowest BCUT2D eigenvalue weighted by Crippen LogP contribution is -2.34. The summed E-state index contributed by atoms with van der Waals surface area (Å²) in [4.78, 5) is 14.6. The van der Waals surface area contributed by atoms with Crippen LogP contribution in [-0.2, 0) is 17.7 Å². The van der Waals surface area contributed by atoms with Crippen molar-refractivity contribution in [2.75, 3.05) is 13.2 Å². The Morgan fingerprint density at radius 2 is 2.12 bits per heavy atom. The summed E-state index contributed by atoms with van der Waals surface area (Å²) in [5.41, 5.74) is 3.27. The van der Waals surface area contributed by atoms with E-state index < -0.39 is 0 Å². The lowest BCUT2D eigenvalue weighted by Gasteiger charge is -2.26. The molecule has 0 saturated carbocycles. The van der Waals surface area contributed by atoms with Crippen molar-refractivity contribution in [3.05, 3.63) is 52.8 Å². The number of carbonyl (C=O) groups is 1. The van der Waals surface area contributed by atoms with Gasteiger partial charge in [-0.1, -0.05) is 30.3 Å². The van der Waals surface area contributed by atoms with Crippen LogP contribution < -0.4 is 0 Å². The van der Waals surface area contributed by atoms with Gasteiger partial charge in [0.1, 0.15) is 0 Å². The van der Waals surface area contributed by atoms with E-state index in [2.05, 4.69) is 10.2 Å². The van der Waals surface area contributed by atoms with Crippen molar-refractivity contribution < 1.29 is 14.6 Å². The van der Waals surface area contributed by atoms with E-state index in [9.17, 15) is 9.90 Å². The molecule has 128 valence electrons. The highest BCUT2D eigenvalue weighted by molar-refractivity contribution is 5.94. The third-order valence-corrected chi connectivity index (χ3v) is 4.31. The standard InChI is InChI=1S/C18H23N3O3/c1-12-10-15-16(13(2)24-12)19-20-17(15)18(23)21(8-9-22)11-14-6-4-3-5-7-14/h3-7,12-13,22H,8-11H2,1-2H3,(H,19,20)/t12-,13+/m1/s1. The Hall–Kier alpha value is -2.18. The number of aliphatic hydroxyl groups is 1. The molecule has 2 atom stereocenters. The highest BCUT2D eigenvalue weighted by atomic mass is 16.5. The molecule has 24 heavy (non-hydrogen) atoms. The molecule has 1 aromatic carbocycles. The molecule has 0 unspecified atom stereocenters. The van der Waals surface area contributed by atoms with Crippen LogP contribution in [0.15, 0.2) is 30.3 Å². The van der Waals surface area contributed by atoms with E-state index >= 15 is 0 Å². The van der Waals surface area contributed by atoms with Gasteiger partial charge in [0.25, 0.3) is 5.91 Å². The molecule has 1 amide bonds. The van der Waals surface area contributed by atoms with Gasteiger partial charge in [-0.15, -0.1) is 0 Å². The number of ether oxygens (including phenoxy) is 1. The number of aromatic amines is 1. The molecule has 0 aliphatic carbocycles. The number of hydrogen-bond donors (Lipinski definition) is 2. The van der Waals surface area contributed by atoms with Crippen molar-refractivity contribution in [2.24, 2.45) is 0 Å². The topological polar surface area (TPSA) is 78.5 Å². The smallest absolute Gasteiger partial charge is 0.275 e. The van der Waals surface area contributed by atoms with Gasteiger partial charge >= 0.3 is 0 Å². The maximum atomic E-state index is 13.0. The van der Waals surface area contributed by atoms with Gasteiger partial charge in [0, 0.05) is 25.1 Å². The minimum absolute atomic E-state index is 0.0528. The third-order valence-electron chi connectivity index (χ3n) is 4.31. The Morgan fingerprint density at radius 3 is 2.83 bits per heavy atom. The summed E-state index contributed by atoms with van der Waals surface area (Å²) >= 11 is 0. The SMILES string of the molecule is C[C@@H]1Cc2c(C(=O)N(CCO)Cc3ccccc3)n[nH]c2[C@H](C)O1. The number of carbonyl (C=O) groups excluding carboxylic acids is 1. The van der Waals surface area contributed by atoms with Crippen LogP contribution in [0, 0.1) is 0 Å². The van der Waals surface area contributed by atoms with Crippen molar-refractivity contribution >= 4 is 5.91 Å². The van der Waals surface area contributed by atoms with Crippen molar-refractivity contribution in [2.45, 2.75) is 39.0 Å². The second kappa shape index (κ2) is 7.15. The zero-order chi connectivity index (χ0) is 17.1. The van der Waals surface area contributed by atoms with Crippen molar-refractivity contribution in [3.63, 3.8) is 0 Å².